The predicted octanol–water partition coefficient (Wildman–Crippen LogP) is 6.24. The van der Waals surface area contributed by atoms with Gasteiger partial charge in [-0.1, -0.05) is 37.6 Å². The van der Waals surface area contributed by atoms with Crippen molar-refractivity contribution in [1.29, 1.82) is 0 Å². The van der Waals surface area contributed by atoms with Gasteiger partial charge in [0.25, 0.3) is 0 Å². The molecule has 0 atom stereocenters. The van der Waals surface area contributed by atoms with Crippen molar-refractivity contribution in [1.82, 2.24) is 15.3 Å². The van der Waals surface area contributed by atoms with Crippen LogP contribution in [-0.2, 0) is 13.0 Å². The number of benzene rings is 2. The second-order valence-corrected chi connectivity index (χ2v) is 8.27. The molecule has 0 unspecified atom stereocenters. The Morgan fingerprint density at radius 3 is 2.74 bits per heavy atom. The summed E-state index contributed by atoms with van der Waals surface area (Å²) in [6.45, 7) is 5.68. The van der Waals surface area contributed by atoms with E-state index in [1.165, 1.54) is 0 Å². The SMILES string of the molecule is CNCc1cccc2[nH]c(-c3ccc(Cc4cc(Cl)ccc4OCC(C)C)o3)nc12.Cl. The highest BCUT2D eigenvalue weighted by molar-refractivity contribution is 6.30. The molecule has 0 spiro atoms. The molecule has 0 aliphatic carbocycles. The number of ether oxygens (including phenoxy) is 1. The van der Waals surface area contributed by atoms with Crippen LogP contribution in [0, 0.1) is 5.92 Å². The fraction of sp³-hybridized carbons (Fsp3) is 0.292. The molecule has 0 aliphatic heterocycles. The Hall–Kier alpha value is -2.47. The molecular weight excluding hydrogens is 433 g/mol. The van der Waals surface area contributed by atoms with Gasteiger partial charge in [0.2, 0.25) is 0 Å². The van der Waals surface area contributed by atoms with Gasteiger partial charge in [-0.15, -0.1) is 12.4 Å². The molecule has 0 saturated heterocycles. The number of rotatable bonds is 8. The minimum Gasteiger partial charge on any atom is -0.493 e. The van der Waals surface area contributed by atoms with Gasteiger partial charge < -0.3 is 19.5 Å². The summed E-state index contributed by atoms with van der Waals surface area (Å²) in [6, 6.07) is 15.8. The Bertz CT molecular complexity index is 1150. The summed E-state index contributed by atoms with van der Waals surface area (Å²) < 4.78 is 12.1. The van der Waals surface area contributed by atoms with Gasteiger partial charge >= 0.3 is 0 Å². The number of hydrogen-bond acceptors (Lipinski definition) is 4. The second-order valence-electron chi connectivity index (χ2n) is 7.83. The van der Waals surface area contributed by atoms with E-state index in [-0.39, 0.29) is 12.4 Å². The number of H-pyrrole nitrogens is 1. The average Bonchev–Trinajstić information content (AvgIpc) is 3.35. The maximum absolute atomic E-state index is 6.23. The fourth-order valence-corrected chi connectivity index (χ4v) is 3.61. The third-order valence-corrected chi connectivity index (χ3v) is 5.05. The molecule has 4 aromatic rings. The lowest BCUT2D eigenvalue weighted by Crippen LogP contribution is -2.06. The normalized spacial score (nSPS) is 11.1. The van der Waals surface area contributed by atoms with Crippen molar-refractivity contribution >= 4 is 35.0 Å². The van der Waals surface area contributed by atoms with Gasteiger partial charge in [-0.2, -0.15) is 0 Å². The van der Waals surface area contributed by atoms with Crippen molar-refractivity contribution in [3.05, 3.63) is 70.4 Å². The van der Waals surface area contributed by atoms with E-state index in [1.54, 1.807) is 0 Å². The quantitative estimate of drug-likeness (QED) is 0.327. The van der Waals surface area contributed by atoms with Crippen LogP contribution in [0.5, 0.6) is 5.75 Å². The van der Waals surface area contributed by atoms with Gasteiger partial charge in [0.05, 0.1) is 17.6 Å². The number of aromatic nitrogens is 2. The van der Waals surface area contributed by atoms with Gasteiger partial charge in [0.1, 0.15) is 11.5 Å². The summed E-state index contributed by atoms with van der Waals surface area (Å²) in [6.07, 6.45) is 0.596. The maximum atomic E-state index is 6.23. The minimum atomic E-state index is 0. The molecule has 164 valence electrons. The average molecular weight is 460 g/mol. The van der Waals surface area contributed by atoms with Crippen molar-refractivity contribution in [3.8, 4) is 17.3 Å². The van der Waals surface area contributed by atoms with Crippen LogP contribution in [0.15, 0.2) is 52.9 Å². The lowest BCUT2D eigenvalue weighted by Gasteiger charge is -2.13. The molecule has 2 aromatic carbocycles. The smallest absolute Gasteiger partial charge is 0.174 e. The number of aromatic amines is 1. The molecule has 0 aliphatic rings. The summed E-state index contributed by atoms with van der Waals surface area (Å²) in [5.41, 5.74) is 4.11. The third-order valence-electron chi connectivity index (χ3n) is 4.82. The molecule has 7 heteroatoms. The van der Waals surface area contributed by atoms with Crippen molar-refractivity contribution < 1.29 is 9.15 Å². The Balaban J connectivity index is 0.00000272. The Kier molecular flexibility index (Phi) is 7.65. The first kappa shape index (κ1) is 23.2. The molecule has 5 nitrogen and oxygen atoms in total. The number of hydrogen-bond donors (Lipinski definition) is 2. The number of para-hydroxylation sites is 1. The molecule has 0 radical (unpaired) electrons. The van der Waals surface area contributed by atoms with Crippen LogP contribution in [0.25, 0.3) is 22.6 Å². The van der Waals surface area contributed by atoms with Gasteiger partial charge in [-0.3, -0.25) is 0 Å². The molecule has 0 bridgehead atoms. The maximum Gasteiger partial charge on any atom is 0.174 e. The van der Waals surface area contributed by atoms with Gasteiger partial charge in [0, 0.05) is 23.6 Å². The number of nitrogens with zero attached hydrogens (tertiary/aromatic N) is 1. The minimum absolute atomic E-state index is 0. The van der Waals surface area contributed by atoms with E-state index in [1.807, 2.05) is 49.5 Å². The van der Waals surface area contributed by atoms with E-state index in [0.29, 0.717) is 29.7 Å². The number of imidazole rings is 1. The lowest BCUT2D eigenvalue weighted by atomic mass is 10.1. The summed E-state index contributed by atoms with van der Waals surface area (Å²) in [4.78, 5) is 8.13. The highest BCUT2D eigenvalue weighted by atomic mass is 35.5. The largest absolute Gasteiger partial charge is 0.493 e. The highest BCUT2D eigenvalue weighted by Crippen LogP contribution is 2.29. The molecule has 2 heterocycles. The molecule has 4 rings (SSSR count). The van der Waals surface area contributed by atoms with Crippen LogP contribution >= 0.6 is 24.0 Å². The molecular formula is C24H27Cl2N3O2. The molecule has 0 amide bonds. The Labute approximate surface area is 193 Å². The lowest BCUT2D eigenvalue weighted by molar-refractivity contribution is 0.268. The summed E-state index contributed by atoms with van der Waals surface area (Å²) >= 11 is 6.23. The van der Waals surface area contributed by atoms with E-state index in [9.17, 15) is 0 Å². The van der Waals surface area contributed by atoms with Crippen molar-refractivity contribution in [3.63, 3.8) is 0 Å². The summed E-state index contributed by atoms with van der Waals surface area (Å²) in [5, 5.41) is 3.87. The Morgan fingerprint density at radius 2 is 1.97 bits per heavy atom. The highest BCUT2D eigenvalue weighted by Gasteiger charge is 2.14. The predicted molar refractivity (Wildman–Crippen MR) is 128 cm³/mol. The van der Waals surface area contributed by atoms with Crippen LogP contribution in [0.3, 0.4) is 0 Å². The molecule has 31 heavy (non-hydrogen) atoms. The van der Waals surface area contributed by atoms with Crippen LogP contribution in [-0.4, -0.2) is 23.6 Å². The number of halogens is 2. The summed E-state index contributed by atoms with van der Waals surface area (Å²) in [7, 11) is 1.93. The van der Waals surface area contributed by atoms with Crippen molar-refractivity contribution in [2.45, 2.75) is 26.8 Å². The van der Waals surface area contributed by atoms with E-state index in [0.717, 1.165) is 46.0 Å². The van der Waals surface area contributed by atoms with Gasteiger partial charge in [-0.25, -0.2) is 4.98 Å². The van der Waals surface area contributed by atoms with E-state index in [4.69, 9.17) is 25.7 Å². The van der Waals surface area contributed by atoms with Crippen LogP contribution < -0.4 is 10.1 Å². The first-order valence-corrected chi connectivity index (χ1v) is 10.5. The van der Waals surface area contributed by atoms with Gasteiger partial charge in [0.15, 0.2) is 11.6 Å². The first-order valence-electron chi connectivity index (χ1n) is 10.2. The fourth-order valence-electron chi connectivity index (χ4n) is 3.41. The standard InChI is InChI=1S/C24H26ClN3O2.ClH/c1-15(2)14-29-21-9-7-18(25)11-17(21)12-19-8-10-22(30-19)24-27-20-6-4-5-16(13-26-3)23(20)28-24;/h4-11,15,26H,12-14H2,1-3H3,(H,27,28);1H. The third kappa shape index (κ3) is 5.42. The van der Waals surface area contributed by atoms with Crippen molar-refractivity contribution in [2.75, 3.05) is 13.7 Å². The monoisotopic (exact) mass is 459 g/mol. The zero-order chi connectivity index (χ0) is 21.1. The van der Waals surface area contributed by atoms with Crippen LogP contribution in [0.2, 0.25) is 5.02 Å². The molecule has 2 N–H and O–H groups in total. The zero-order valence-electron chi connectivity index (χ0n) is 17.9. The Morgan fingerprint density at radius 1 is 1.13 bits per heavy atom. The molecule has 0 fully saturated rings. The van der Waals surface area contributed by atoms with E-state index in [2.05, 4.69) is 30.2 Å². The zero-order valence-corrected chi connectivity index (χ0v) is 19.4. The number of nitrogens with one attached hydrogen (secondary N) is 2. The first-order chi connectivity index (χ1) is 14.5. The van der Waals surface area contributed by atoms with E-state index < -0.39 is 0 Å². The topological polar surface area (TPSA) is 63.1 Å². The summed E-state index contributed by atoms with van der Waals surface area (Å²) in [5.74, 6) is 3.55. The number of furan rings is 1. The van der Waals surface area contributed by atoms with Gasteiger partial charge in [-0.05, 0) is 54.9 Å². The molecule has 0 saturated carbocycles. The molecule has 2 aromatic heterocycles. The van der Waals surface area contributed by atoms with Crippen LogP contribution in [0.1, 0.15) is 30.7 Å². The van der Waals surface area contributed by atoms with Crippen molar-refractivity contribution in [2.24, 2.45) is 5.92 Å². The van der Waals surface area contributed by atoms with Crippen LogP contribution in [0.4, 0.5) is 0 Å². The van der Waals surface area contributed by atoms with E-state index >= 15 is 0 Å². The number of fused-ring (bicyclic) bond motifs is 1. The second kappa shape index (κ2) is 10.2.